The summed E-state index contributed by atoms with van der Waals surface area (Å²) in [4.78, 5) is 4.07. The normalized spacial score (nSPS) is 10.0. The molecule has 11 heavy (non-hydrogen) atoms. The third-order valence-electron chi connectivity index (χ3n) is 1.39. The predicted octanol–water partition coefficient (Wildman–Crippen LogP) is 2.71. The van der Waals surface area contributed by atoms with Crippen LogP contribution in [0.5, 0.6) is 0 Å². The number of nitrogens with zero attached hydrogens (tertiary/aromatic N) is 1. The highest BCUT2D eigenvalue weighted by Crippen LogP contribution is 2.10. The van der Waals surface area contributed by atoms with Gasteiger partial charge in [0.05, 0.1) is 0 Å². The number of thiol groups is 1. The maximum Gasteiger partial charge on any atom is 0.0410 e. The van der Waals surface area contributed by atoms with Crippen molar-refractivity contribution in [2.45, 2.75) is 12.8 Å². The van der Waals surface area contributed by atoms with Gasteiger partial charge in [-0.25, -0.2) is 0 Å². The van der Waals surface area contributed by atoms with Gasteiger partial charge in [-0.05, 0) is 46.2 Å². The average Bonchev–Trinajstić information content (AvgIpc) is 2.01. The maximum absolute atomic E-state index is 4.14. The van der Waals surface area contributed by atoms with E-state index in [4.69, 9.17) is 0 Å². The second kappa shape index (κ2) is 4.78. The molecule has 0 saturated heterocycles. The number of aryl methyl sites for hydroxylation is 1. The summed E-state index contributed by atoms with van der Waals surface area (Å²) in [6, 6.07) is 2.09. The molecule has 1 nitrogen and oxygen atoms in total. The topological polar surface area (TPSA) is 12.9 Å². The molecule has 0 radical (unpaired) electrons. The van der Waals surface area contributed by atoms with Gasteiger partial charge in [-0.3, -0.25) is 4.98 Å². The molecule has 0 spiro atoms. The van der Waals surface area contributed by atoms with Crippen molar-refractivity contribution in [1.29, 1.82) is 0 Å². The lowest BCUT2D eigenvalue weighted by atomic mass is 10.2. The summed E-state index contributed by atoms with van der Waals surface area (Å²) < 4.78 is 1.05. The Morgan fingerprint density at radius 2 is 2.27 bits per heavy atom. The predicted molar refractivity (Wildman–Crippen MR) is 54.1 cm³/mol. The van der Waals surface area contributed by atoms with E-state index in [1.54, 1.807) is 6.20 Å². The summed E-state index contributed by atoms with van der Waals surface area (Å²) in [5.74, 6) is 0.937. The maximum atomic E-state index is 4.14. The zero-order valence-corrected chi connectivity index (χ0v) is 8.61. The number of hydrogen-bond acceptors (Lipinski definition) is 2. The first kappa shape index (κ1) is 9.07. The first-order chi connectivity index (χ1) is 5.33. The third kappa shape index (κ3) is 3.25. The van der Waals surface area contributed by atoms with Crippen LogP contribution < -0.4 is 0 Å². The van der Waals surface area contributed by atoms with Crippen LogP contribution in [0.4, 0.5) is 0 Å². The molecule has 0 saturated carbocycles. The summed E-state index contributed by atoms with van der Waals surface area (Å²) >= 11 is 7.52. The molecule has 3 heteroatoms. The lowest BCUT2D eigenvalue weighted by molar-refractivity contribution is 0.926. The van der Waals surface area contributed by atoms with E-state index >= 15 is 0 Å². The molecule has 60 valence electrons. The molecule has 1 rings (SSSR count). The Balaban J connectivity index is 2.56. The Morgan fingerprint density at radius 3 is 2.91 bits per heavy atom. The molecule has 0 amide bonds. The molecule has 1 aromatic heterocycles. The van der Waals surface area contributed by atoms with Crippen molar-refractivity contribution in [3.05, 3.63) is 28.5 Å². The second-order valence-electron chi connectivity index (χ2n) is 2.34. The van der Waals surface area contributed by atoms with Crippen LogP contribution in [0, 0.1) is 0 Å². The van der Waals surface area contributed by atoms with Crippen LogP contribution >= 0.6 is 28.6 Å². The van der Waals surface area contributed by atoms with E-state index in [0.717, 1.165) is 23.1 Å². The van der Waals surface area contributed by atoms with Crippen molar-refractivity contribution >= 4 is 28.6 Å². The average molecular weight is 232 g/mol. The standard InChI is InChI=1S/C8H10BrNS/c9-8-4-7(2-1-3-11)5-10-6-8/h4-6,11H,1-3H2. The number of hydrogen-bond donors (Lipinski definition) is 1. The number of aromatic nitrogens is 1. The summed E-state index contributed by atoms with van der Waals surface area (Å²) in [6.45, 7) is 0. The Labute approximate surface area is 80.8 Å². The van der Waals surface area contributed by atoms with E-state index in [-0.39, 0.29) is 0 Å². The minimum absolute atomic E-state index is 0.937. The van der Waals surface area contributed by atoms with Gasteiger partial charge in [0, 0.05) is 16.9 Å². The van der Waals surface area contributed by atoms with Gasteiger partial charge in [-0.1, -0.05) is 0 Å². The van der Waals surface area contributed by atoms with E-state index in [1.165, 1.54) is 5.56 Å². The Hall–Kier alpha value is -0.0200. The minimum Gasteiger partial charge on any atom is -0.263 e. The molecule has 0 fully saturated rings. The molecule has 1 aromatic rings. The first-order valence-corrected chi connectivity index (χ1v) is 4.96. The number of halogens is 1. The van der Waals surface area contributed by atoms with Crippen LogP contribution in [0.25, 0.3) is 0 Å². The molecule has 0 aliphatic rings. The lowest BCUT2D eigenvalue weighted by Gasteiger charge is -1.97. The largest absolute Gasteiger partial charge is 0.263 e. The molecular weight excluding hydrogens is 222 g/mol. The molecule has 0 N–H and O–H groups in total. The molecular formula is C8H10BrNS. The second-order valence-corrected chi connectivity index (χ2v) is 3.70. The van der Waals surface area contributed by atoms with Crippen molar-refractivity contribution in [3.63, 3.8) is 0 Å². The van der Waals surface area contributed by atoms with Gasteiger partial charge in [0.2, 0.25) is 0 Å². The minimum atomic E-state index is 0.937. The molecule has 0 atom stereocenters. The first-order valence-electron chi connectivity index (χ1n) is 3.53. The summed E-state index contributed by atoms with van der Waals surface area (Å²) in [5, 5.41) is 0. The summed E-state index contributed by atoms with van der Waals surface area (Å²) in [6.07, 6.45) is 5.87. The smallest absolute Gasteiger partial charge is 0.0410 e. The molecule has 0 aliphatic carbocycles. The van der Waals surface area contributed by atoms with Gasteiger partial charge in [0.1, 0.15) is 0 Å². The molecule has 0 bridgehead atoms. The van der Waals surface area contributed by atoms with Crippen molar-refractivity contribution in [1.82, 2.24) is 4.98 Å². The van der Waals surface area contributed by atoms with E-state index in [9.17, 15) is 0 Å². The zero-order chi connectivity index (χ0) is 8.10. The van der Waals surface area contributed by atoms with Crippen LogP contribution in [0.15, 0.2) is 22.9 Å². The highest BCUT2D eigenvalue weighted by atomic mass is 79.9. The van der Waals surface area contributed by atoms with Crippen molar-refractivity contribution < 1.29 is 0 Å². The highest BCUT2D eigenvalue weighted by Gasteiger charge is 1.93. The fourth-order valence-electron chi connectivity index (χ4n) is 0.876. The molecule has 0 aromatic carbocycles. The van der Waals surface area contributed by atoms with Gasteiger partial charge >= 0.3 is 0 Å². The van der Waals surface area contributed by atoms with Crippen molar-refractivity contribution in [3.8, 4) is 0 Å². The van der Waals surface area contributed by atoms with E-state index in [1.807, 2.05) is 6.20 Å². The van der Waals surface area contributed by atoms with Gasteiger partial charge in [-0.2, -0.15) is 12.6 Å². The van der Waals surface area contributed by atoms with Gasteiger partial charge in [0.25, 0.3) is 0 Å². The fraction of sp³-hybridized carbons (Fsp3) is 0.375. The van der Waals surface area contributed by atoms with Crippen LogP contribution in [0.2, 0.25) is 0 Å². The van der Waals surface area contributed by atoms with Crippen LogP contribution in [0.3, 0.4) is 0 Å². The Kier molecular flexibility index (Phi) is 3.94. The SMILES string of the molecule is SCCCc1cncc(Br)c1. The monoisotopic (exact) mass is 231 g/mol. The zero-order valence-electron chi connectivity index (χ0n) is 6.13. The quantitative estimate of drug-likeness (QED) is 0.790. The van der Waals surface area contributed by atoms with E-state index < -0.39 is 0 Å². The molecule has 0 unspecified atom stereocenters. The highest BCUT2D eigenvalue weighted by molar-refractivity contribution is 9.10. The lowest BCUT2D eigenvalue weighted by Crippen LogP contribution is -1.87. The Bertz CT molecular complexity index is 227. The van der Waals surface area contributed by atoms with E-state index in [2.05, 4.69) is 39.6 Å². The number of pyridine rings is 1. The van der Waals surface area contributed by atoms with Gasteiger partial charge in [0.15, 0.2) is 0 Å². The van der Waals surface area contributed by atoms with Crippen LogP contribution in [-0.4, -0.2) is 10.7 Å². The van der Waals surface area contributed by atoms with Gasteiger partial charge < -0.3 is 0 Å². The van der Waals surface area contributed by atoms with Crippen LogP contribution in [-0.2, 0) is 6.42 Å². The molecule has 0 aliphatic heterocycles. The Morgan fingerprint density at radius 1 is 1.45 bits per heavy atom. The number of rotatable bonds is 3. The fourth-order valence-corrected chi connectivity index (χ4v) is 1.45. The van der Waals surface area contributed by atoms with Crippen molar-refractivity contribution in [2.75, 3.05) is 5.75 Å². The van der Waals surface area contributed by atoms with Crippen LogP contribution in [0.1, 0.15) is 12.0 Å². The van der Waals surface area contributed by atoms with Crippen molar-refractivity contribution in [2.24, 2.45) is 0 Å². The third-order valence-corrected chi connectivity index (χ3v) is 2.13. The summed E-state index contributed by atoms with van der Waals surface area (Å²) in [7, 11) is 0. The molecule has 1 heterocycles. The van der Waals surface area contributed by atoms with E-state index in [0.29, 0.717) is 0 Å². The summed E-state index contributed by atoms with van der Waals surface area (Å²) in [5.41, 5.74) is 1.27. The van der Waals surface area contributed by atoms with Gasteiger partial charge in [-0.15, -0.1) is 0 Å².